The molecule has 2 N–H and O–H groups in total. The van der Waals surface area contributed by atoms with E-state index in [0.29, 0.717) is 28.6 Å². The lowest BCUT2D eigenvalue weighted by atomic mass is 10.1. The molecule has 0 aliphatic rings. The van der Waals surface area contributed by atoms with Crippen molar-refractivity contribution in [2.45, 2.75) is 12.5 Å². The number of aliphatic hydroxyl groups is 1. The molecule has 0 spiro atoms. The molecule has 0 heterocycles. The molecule has 18 heavy (non-hydrogen) atoms. The van der Waals surface area contributed by atoms with Gasteiger partial charge in [-0.15, -0.1) is 0 Å². The van der Waals surface area contributed by atoms with Crippen LogP contribution in [0.2, 0.25) is 10.0 Å². The summed E-state index contributed by atoms with van der Waals surface area (Å²) < 4.78 is 4.96. The topological polar surface area (TPSA) is 58.6 Å². The van der Waals surface area contributed by atoms with Gasteiger partial charge in [-0.1, -0.05) is 23.2 Å². The summed E-state index contributed by atoms with van der Waals surface area (Å²) in [5.41, 5.74) is 0.420. The number of nitrogens with one attached hydrogen (secondary N) is 1. The van der Waals surface area contributed by atoms with E-state index >= 15 is 0 Å². The van der Waals surface area contributed by atoms with Crippen LogP contribution in [-0.4, -0.2) is 37.4 Å². The maximum atomic E-state index is 11.9. The zero-order valence-corrected chi connectivity index (χ0v) is 11.5. The first kappa shape index (κ1) is 15.2. The Kier molecular flexibility index (Phi) is 6.43. The average molecular weight is 292 g/mol. The van der Waals surface area contributed by atoms with Crippen LogP contribution < -0.4 is 5.32 Å². The summed E-state index contributed by atoms with van der Waals surface area (Å²) in [5, 5.41) is 12.4. The summed E-state index contributed by atoms with van der Waals surface area (Å²) in [7, 11) is 1.54. The van der Waals surface area contributed by atoms with Gasteiger partial charge in [0.05, 0.1) is 22.7 Å². The largest absolute Gasteiger partial charge is 0.396 e. The number of carbonyl (C=O) groups excluding carboxylic acids is 1. The van der Waals surface area contributed by atoms with Gasteiger partial charge in [-0.05, 0) is 24.6 Å². The van der Waals surface area contributed by atoms with Crippen LogP contribution >= 0.6 is 23.2 Å². The number of carbonyl (C=O) groups is 1. The molecule has 0 fully saturated rings. The lowest BCUT2D eigenvalue weighted by Crippen LogP contribution is -2.38. The summed E-state index contributed by atoms with van der Waals surface area (Å²) in [6.45, 7) is 0.323. The number of hydrogen-bond acceptors (Lipinski definition) is 3. The highest BCUT2D eigenvalue weighted by Crippen LogP contribution is 2.22. The molecule has 0 aliphatic carbocycles. The van der Waals surface area contributed by atoms with Crippen LogP contribution in [0.4, 0.5) is 0 Å². The van der Waals surface area contributed by atoms with Gasteiger partial charge in [0, 0.05) is 19.3 Å². The SMILES string of the molecule is COCC(CCO)NC(=O)c1ccc(Cl)c(Cl)c1. The van der Waals surface area contributed by atoms with Crippen LogP contribution in [0.1, 0.15) is 16.8 Å². The third-order valence-corrected chi connectivity index (χ3v) is 3.10. The fourth-order valence-electron chi connectivity index (χ4n) is 1.46. The summed E-state index contributed by atoms with van der Waals surface area (Å²) in [5.74, 6) is -0.274. The zero-order chi connectivity index (χ0) is 13.5. The van der Waals surface area contributed by atoms with Crippen LogP contribution in [0.15, 0.2) is 18.2 Å². The second-order valence-corrected chi connectivity index (χ2v) is 4.58. The summed E-state index contributed by atoms with van der Waals surface area (Å²) in [4.78, 5) is 11.9. The Morgan fingerprint density at radius 2 is 2.17 bits per heavy atom. The average Bonchev–Trinajstić information content (AvgIpc) is 2.33. The minimum atomic E-state index is -0.274. The van der Waals surface area contributed by atoms with Gasteiger partial charge in [0.15, 0.2) is 0 Å². The number of benzene rings is 1. The molecule has 1 aromatic carbocycles. The lowest BCUT2D eigenvalue weighted by Gasteiger charge is -2.16. The van der Waals surface area contributed by atoms with Gasteiger partial charge in [-0.25, -0.2) is 0 Å². The quantitative estimate of drug-likeness (QED) is 0.844. The van der Waals surface area contributed by atoms with Gasteiger partial charge in [-0.2, -0.15) is 0 Å². The van der Waals surface area contributed by atoms with Crippen LogP contribution in [0.3, 0.4) is 0 Å². The molecule has 4 nitrogen and oxygen atoms in total. The Labute approximate surface area is 116 Å². The Bertz CT molecular complexity index is 406. The van der Waals surface area contributed by atoms with Crippen molar-refractivity contribution in [1.29, 1.82) is 0 Å². The molecule has 0 aliphatic heterocycles. The molecule has 100 valence electrons. The molecular formula is C12H15Cl2NO3. The van der Waals surface area contributed by atoms with Crippen LogP contribution in [0.25, 0.3) is 0 Å². The van der Waals surface area contributed by atoms with E-state index in [0.717, 1.165) is 0 Å². The fourth-order valence-corrected chi connectivity index (χ4v) is 1.76. The molecule has 1 rings (SSSR count). The number of amides is 1. The minimum absolute atomic E-state index is 0.0182. The summed E-state index contributed by atoms with van der Waals surface area (Å²) >= 11 is 11.6. The van der Waals surface area contributed by atoms with Crippen LogP contribution in [-0.2, 0) is 4.74 Å². The summed E-state index contributed by atoms with van der Waals surface area (Å²) in [6, 6.07) is 4.42. The maximum absolute atomic E-state index is 11.9. The van der Waals surface area contributed by atoms with Crippen molar-refractivity contribution >= 4 is 29.1 Å². The number of aliphatic hydroxyl groups excluding tert-OH is 1. The Hall–Kier alpha value is -0.810. The highest BCUT2D eigenvalue weighted by Gasteiger charge is 2.14. The van der Waals surface area contributed by atoms with Crippen molar-refractivity contribution < 1.29 is 14.6 Å². The lowest BCUT2D eigenvalue weighted by molar-refractivity contribution is 0.0878. The van der Waals surface area contributed by atoms with Crippen LogP contribution in [0.5, 0.6) is 0 Å². The molecule has 0 bridgehead atoms. The highest BCUT2D eigenvalue weighted by atomic mass is 35.5. The molecule has 0 saturated heterocycles. The third-order valence-electron chi connectivity index (χ3n) is 2.36. The standard InChI is InChI=1S/C12H15Cl2NO3/c1-18-7-9(4-5-16)15-12(17)8-2-3-10(13)11(14)6-8/h2-3,6,9,16H,4-5,7H2,1H3,(H,15,17). The second-order valence-electron chi connectivity index (χ2n) is 3.77. The fraction of sp³-hybridized carbons (Fsp3) is 0.417. The van der Waals surface area contributed by atoms with E-state index in [9.17, 15) is 4.79 Å². The van der Waals surface area contributed by atoms with Crippen molar-refractivity contribution in [2.75, 3.05) is 20.3 Å². The summed E-state index contributed by atoms with van der Waals surface area (Å²) in [6.07, 6.45) is 0.431. The van der Waals surface area contributed by atoms with E-state index in [1.165, 1.54) is 13.2 Å². The number of rotatable bonds is 6. The molecule has 0 saturated carbocycles. The number of methoxy groups -OCH3 is 1. The number of hydrogen-bond donors (Lipinski definition) is 2. The monoisotopic (exact) mass is 291 g/mol. The Morgan fingerprint density at radius 3 is 2.72 bits per heavy atom. The zero-order valence-electron chi connectivity index (χ0n) is 9.95. The molecule has 0 radical (unpaired) electrons. The maximum Gasteiger partial charge on any atom is 0.251 e. The normalized spacial score (nSPS) is 12.2. The van der Waals surface area contributed by atoms with E-state index in [-0.39, 0.29) is 18.6 Å². The minimum Gasteiger partial charge on any atom is -0.396 e. The Balaban J connectivity index is 2.70. The molecule has 0 aromatic heterocycles. The second kappa shape index (κ2) is 7.59. The molecule has 1 atom stereocenters. The van der Waals surface area contributed by atoms with Crippen molar-refractivity contribution in [1.82, 2.24) is 5.32 Å². The first-order valence-corrected chi connectivity index (χ1v) is 6.19. The first-order chi connectivity index (χ1) is 8.58. The van der Waals surface area contributed by atoms with Crippen molar-refractivity contribution in [3.63, 3.8) is 0 Å². The van der Waals surface area contributed by atoms with Crippen molar-refractivity contribution in [3.05, 3.63) is 33.8 Å². The van der Waals surface area contributed by atoms with Crippen molar-refractivity contribution in [2.24, 2.45) is 0 Å². The van der Waals surface area contributed by atoms with Gasteiger partial charge in [0.1, 0.15) is 0 Å². The van der Waals surface area contributed by atoms with E-state index in [4.69, 9.17) is 33.0 Å². The Morgan fingerprint density at radius 1 is 1.44 bits per heavy atom. The van der Waals surface area contributed by atoms with Gasteiger partial charge in [-0.3, -0.25) is 4.79 Å². The predicted molar refractivity (Wildman–Crippen MR) is 71.3 cm³/mol. The van der Waals surface area contributed by atoms with Gasteiger partial charge in [0.25, 0.3) is 5.91 Å². The van der Waals surface area contributed by atoms with Crippen LogP contribution in [0, 0.1) is 0 Å². The van der Waals surface area contributed by atoms with Gasteiger partial charge < -0.3 is 15.2 Å². The highest BCUT2D eigenvalue weighted by molar-refractivity contribution is 6.42. The van der Waals surface area contributed by atoms with Crippen molar-refractivity contribution in [3.8, 4) is 0 Å². The third kappa shape index (κ3) is 4.46. The van der Waals surface area contributed by atoms with E-state index in [2.05, 4.69) is 5.32 Å². The number of halogens is 2. The smallest absolute Gasteiger partial charge is 0.251 e. The number of ether oxygens (including phenoxy) is 1. The molecular weight excluding hydrogens is 277 g/mol. The van der Waals surface area contributed by atoms with Gasteiger partial charge in [0.2, 0.25) is 0 Å². The van der Waals surface area contributed by atoms with E-state index in [1.807, 2.05) is 0 Å². The van der Waals surface area contributed by atoms with E-state index < -0.39 is 0 Å². The van der Waals surface area contributed by atoms with E-state index in [1.54, 1.807) is 12.1 Å². The molecule has 1 unspecified atom stereocenters. The first-order valence-electron chi connectivity index (χ1n) is 5.44. The predicted octanol–water partition coefficient (Wildman–Crippen LogP) is 2.12. The molecule has 1 amide bonds. The molecule has 1 aromatic rings. The van der Waals surface area contributed by atoms with Gasteiger partial charge >= 0.3 is 0 Å². The molecule has 6 heteroatoms.